The molecule has 2 aromatic rings. The first kappa shape index (κ1) is 18.3. The molecule has 126 valence electrons. The smallest absolute Gasteiger partial charge is 0.218 e. The first-order valence-corrected chi connectivity index (χ1v) is 8.26. The zero-order valence-corrected chi connectivity index (χ0v) is 14.9. The van der Waals surface area contributed by atoms with Gasteiger partial charge in [0, 0.05) is 13.8 Å². The van der Waals surface area contributed by atoms with Gasteiger partial charge in [0.1, 0.15) is 11.0 Å². The highest BCUT2D eigenvalue weighted by atomic mass is 35.5. The summed E-state index contributed by atoms with van der Waals surface area (Å²) < 4.78 is 0. The van der Waals surface area contributed by atoms with Gasteiger partial charge in [-0.05, 0) is 22.3 Å². The topological polar surface area (TPSA) is 58.2 Å². The molecule has 2 rings (SSSR count). The summed E-state index contributed by atoms with van der Waals surface area (Å²) in [6.07, 6.45) is 0. The predicted octanol–water partition coefficient (Wildman–Crippen LogP) is 4.10. The van der Waals surface area contributed by atoms with Crippen LogP contribution in [0, 0.1) is 0 Å². The number of benzene rings is 2. The van der Waals surface area contributed by atoms with Crippen molar-refractivity contribution >= 4 is 35.0 Å². The lowest BCUT2D eigenvalue weighted by Crippen LogP contribution is -2.22. The molecule has 4 nitrogen and oxygen atoms in total. The normalized spacial score (nSPS) is 13.0. The lowest BCUT2D eigenvalue weighted by molar-refractivity contribution is -0.120. The van der Waals surface area contributed by atoms with E-state index in [2.05, 4.69) is 10.6 Å². The number of rotatable bonds is 5. The van der Waals surface area contributed by atoms with Crippen molar-refractivity contribution in [3.63, 3.8) is 0 Å². The molecule has 0 aliphatic heterocycles. The van der Waals surface area contributed by atoms with E-state index in [4.69, 9.17) is 23.2 Å². The molecule has 0 heterocycles. The quantitative estimate of drug-likeness (QED) is 0.619. The summed E-state index contributed by atoms with van der Waals surface area (Å²) in [4.78, 5) is 22.1. The third-order valence-electron chi connectivity index (χ3n) is 3.40. The second kappa shape index (κ2) is 8.18. The molecule has 2 atom stereocenters. The average Bonchev–Trinajstić information content (AvgIpc) is 2.54. The summed E-state index contributed by atoms with van der Waals surface area (Å²) >= 11 is 12.2. The first-order chi connectivity index (χ1) is 11.4. The van der Waals surface area contributed by atoms with Crippen molar-refractivity contribution in [3.8, 4) is 11.1 Å². The highest BCUT2D eigenvalue weighted by Crippen LogP contribution is 2.26. The van der Waals surface area contributed by atoms with E-state index >= 15 is 0 Å². The number of carbonyl (C=O) groups is 2. The van der Waals surface area contributed by atoms with E-state index in [1.807, 2.05) is 48.5 Å². The van der Waals surface area contributed by atoms with Crippen LogP contribution < -0.4 is 10.6 Å². The molecule has 0 radical (unpaired) electrons. The van der Waals surface area contributed by atoms with Gasteiger partial charge >= 0.3 is 0 Å². The number of carbonyl (C=O) groups excluding carboxylic acids is 2. The van der Waals surface area contributed by atoms with Crippen molar-refractivity contribution in [3.05, 3.63) is 59.7 Å². The molecule has 0 spiro atoms. The molecular formula is C18H18Cl2N2O2. The molecule has 2 amide bonds. The highest BCUT2D eigenvalue weighted by molar-refractivity contribution is 6.21. The number of amides is 2. The minimum atomic E-state index is -0.548. The van der Waals surface area contributed by atoms with Crippen LogP contribution >= 0.6 is 23.2 Å². The maximum atomic E-state index is 11.0. The van der Waals surface area contributed by atoms with Crippen LogP contribution in [0.1, 0.15) is 36.0 Å². The van der Waals surface area contributed by atoms with Gasteiger partial charge in [-0.3, -0.25) is 9.59 Å². The average molecular weight is 365 g/mol. The van der Waals surface area contributed by atoms with Crippen LogP contribution in [0.25, 0.3) is 11.1 Å². The van der Waals surface area contributed by atoms with Gasteiger partial charge in [0.05, 0.1) is 0 Å². The fourth-order valence-corrected chi connectivity index (χ4v) is 2.81. The molecule has 0 saturated heterocycles. The summed E-state index contributed by atoms with van der Waals surface area (Å²) in [5.41, 5.74) is 2.57. The van der Waals surface area contributed by atoms with Crippen molar-refractivity contribution in [1.29, 1.82) is 0 Å². The standard InChI is InChI=1S/C18H18Cl2N2O2/c1-11(23)21-17(19)15-7-3-13(4-8-15)14-5-9-16(10-6-14)18(20)22-12(2)24/h3-10,17-18H,1-2H3,(H,21,23)(H,22,24). The Morgan fingerprint density at radius 3 is 1.25 bits per heavy atom. The first-order valence-electron chi connectivity index (χ1n) is 7.39. The van der Waals surface area contributed by atoms with E-state index in [-0.39, 0.29) is 11.8 Å². The Bertz CT molecular complexity index is 651. The molecule has 0 aliphatic rings. The molecule has 0 saturated carbocycles. The van der Waals surface area contributed by atoms with Crippen molar-refractivity contribution < 1.29 is 9.59 Å². The molecule has 2 unspecified atom stereocenters. The minimum Gasteiger partial charge on any atom is -0.336 e. The lowest BCUT2D eigenvalue weighted by Gasteiger charge is -2.13. The Morgan fingerprint density at radius 1 is 0.708 bits per heavy atom. The zero-order chi connectivity index (χ0) is 17.7. The second-order valence-electron chi connectivity index (χ2n) is 5.37. The fraction of sp³-hybridized carbons (Fsp3) is 0.222. The van der Waals surface area contributed by atoms with Gasteiger partial charge in [-0.2, -0.15) is 0 Å². The Balaban J connectivity index is 2.11. The number of hydrogen-bond acceptors (Lipinski definition) is 2. The molecule has 0 aliphatic carbocycles. The van der Waals surface area contributed by atoms with Gasteiger partial charge in [0.15, 0.2) is 0 Å². The van der Waals surface area contributed by atoms with Gasteiger partial charge in [-0.1, -0.05) is 71.7 Å². The monoisotopic (exact) mass is 364 g/mol. The van der Waals surface area contributed by atoms with E-state index in [9.17, 15) is 9.59 Å². The van der Waals surface area contributed by atoms with Crippen LogP contribution in [0.15, 0.2) is 48.5 Å². The molecule has 2 aromatic carbocycles. The van der Waals surface area contributed by atoms with Crippen LogP contribution in [0.4, 0.5) is 0 Å². The maximum Gasteiger partial charge on any atom is 0.218 e. The van der Waals surface area contributed by atoms with Crippen molar-refractivity contribution in [1.82, 2.24) is 10.6 Å². The third-order valence-corrected chi connectivity index (χ3v) is 4.12. The van der Waals surface area contributed by atoms with Gasteiger partial charge in [-0.25, -0.2) is 0 Å². The predicted molar refractivity (Wildman–Crippen MR) is 96.7 cm³/mol. The number of halogens is 2. The van der Waals surface area contributed by atoms with E-state index in [1.54, 1.807) is 0 Å². The Hall–Kier alpha value is -2.04. The van der Waals surface area contributed by atoms with Crippen LogP contribution in [0.2, 0.25) is 0 Å². The highest BCUT2D eigenvalue weighted by Gasteiger charge is 2.10. The van der Waals surface area contributed by atoms with E-state index < -0.39 is 11.0 Å². The summed E-state index contributed by atoms with van der Waals surface area (Å²) in [6, 6.07) is 15.2. The summed E-state index contributed by atoms with van der Waals surface area (Å²) in [5, 5.41) is 5.26. The number of nitrogens with one attached hydrogen (secondary N) is 2. The Kier molecular flexibility index (Phi) is 6.23. The molecule has 6 heteroatoms. The van der Waals surface area contributed by atoms with E-state index in [0.717, 1.165) is 22.3 Å². The van der Waals surface area contributed by atoms with Crippen LogP contribution in [-0.2, 0) is 9.59 Å². The molecule has 24 heavy (non-hydrogen) atoms. The van der Waals surface area contributed by atoms with Crippen LogP contribution in [-0.4, -0.2) is 11.8 Å². The number of hydrogen-bond donors (Lipinski definition) is 2. The van der Waals surface area contributed by atoms with Gasteiger partial charge < -0.3 is 10.6 Å². The maximum absolute atomic E-state index is 11.0. The zero-order valence-electron chi connectivity index (χ0n) is 13.3. The SMILES string of the molecule is CC(=O)NC(Cl)c1ccc(-c2ccc(C(Cl)NC(C)=O)cc2)cc1. The Morgan fingerprint density at radius 2 is 1.00 bits per heavy atom. The second-order valence-corrected chi connectivity index (χ2v) is 6.24. The van der Waals surface area contributed by atoms with Gasteiger partial charge in [0.25, 0.3) is 0 Å². The third kappa shape index (κ3) is 4.98. The molecular weight excluding hydrogens is 347 g/mol. The molecule has 0 bridgehead atoms. The van der Waals surface area contributed by atoms with Crippen LogP contribution in [0.3, 0.4) is 0 Å². The van der Waals surface area contributed by atoms with Crippen LogP contribution in [0.5, 0.6) is 0 Å². The number of alkyl halides is 2. The van der Waals surface area contributed by atoms with Crippen molar-refractivity contribution in [2.75, 3.05) is 0 Å². The molecule has 0 fully saturated rings. The lowest BCUT2D eigenvalue weighted by atomic mass is 10.0. The van der Waals surface area contributed by atoms with E-state index in [0.29, 0.717) is 0 Å². The minimum absolute atomic E-state index is 0.176. The van der Waals surface area contributed by atoms with Crippen molar-refractivity contribution in [2.45, 2.75) is 24.8 Å². The fourth-order valence-electron chi connectivity index (χ4n) is 2.21. The van der Waals surface area contributed by atoms with Gasteiger partial charge in [0.2, 0.25) is 11.8 Å². The molecule has 2 N–H and O–H groups in total. The summed E-state index contributed by atoms with van der Waals surface area (Å²) in [5.74, 6) is -0.353. The van der Waals surface area contributed by atoms with E-state index in [1.165, 1.54) is 13.8 Å². The largest absolute Gasteiger partial charge is 0.336 e. The summed E-state index contributed by atoms with van der Waals surface area (Å²) in [7, 11) is 0. The Labute approximate surface area is 151 Å². The molecule has 0 aromatic heterocycles. The summed E-state index contributed by atoms with van der Waals surface area (Å²) in [6.45, 7) is 2.85. The van der Waals surface area contributed by atoms with Crippen molar-refractivity contribution in [2.24, 2.45) is 0 Å². The van der Waals surface area contributed by atoms with Gasteiger partial charge in [-0.15, -0.1) is 0 Å².